The van der Waals surface area contributed by atoms with Gasteiger partial charge in [0, 0.05) is 21.7 Å². The van der Waals surface area contributed by atoms with Gasteiger partial charge < -0.3 is 15.2 Å². The summed E-state index contributed by atoms with van der Waals surface area (Å²) in [5.74, 6) is 0. The maximum Gasteiger partial charge on any atom is 0.407 e. The van der Waals surface area contributed by atoms with E-state index in [9.17, 15) is 18.3 Å². The second-order valence-corrected chi connectivity index (χ2v) is 9.13. The van der Waals surface area contributed by atoms with E-state index < -0.39 is 22.7 Å². The summed E-state index contributed by atoms with van der Waals surface area (Å²) in [7, 11) is -4.05. The molecule has 0 fully saturated rings. The van der Waals surface area contributed by atoms with E-state index in [-0.39, 0.29) is 29.8 Å². The number of sulfonamides is 1. The maximum absolute atomic E-state index is 13.3. The fourth-order valence-electron chi connectivity index (χ4n) is 2.51. The lowest BCUT2D eigenvalue weighted by Gasteiger charge is -2.26. The first kappa shape index (κ1) is 26.6. The zero-order valence-electron chi connectivity index (χ0n) is 17.1. The van der Waals surface area contributed by atoms with E-state index in [0.717, 1.165) is 4.31 Å². The highest BCUT2D eigenvalue weighted by Gasteiger charge is 2.27. The van der Waals surface area contributed by atoms with Crippen molar-refractivity contribution in [1.29, 1.82) is 0 Å². The molecule has 0 atom stereocenters. The van der Waals surface area contributed by atoms with Gasteiger partial charge in [-0.2, -0.15) is 0 Å². The zero-order valence-corrected chi connectivity index (χ0v) is 19.4. The van der Waals surface area contributed by atoms with Gasteiger partial charge in [0.2, 0.25) is 0 Å². The number of rotatable bonds is 8. The van der Waals surface area contributed by atoms with E-state index in [4.69, 9.17) is 27.9 Å². The average molecular weight is 487 g/mol. The number of aliphatic hydroxyl groups excluding tert-OH is 1. The minimum Gasteiger partial charge on any atom is -0.448 e. The fourth-order valence-corrected chi connectivity index (χ4v) is 4.28. The van der Waals surface area contributed by atoms with Gasteiger partial charge in [-0.05, 0) is 50.2 Å². The highest BCUT2D eigenvalue weighted by molar-refractivity contribution is 7.92. The Morgan fingerprint density at radius 2 is 1.71 bits per heavy atom. The van der Waals surface area contributed by atoms with Gasteiger partial charge in [0.15, 0.2) is 0 Å². The highest BCUT2D eigenvalue weighted by atomic mass is 35.5. The Balaban J connectivity index is 0.00000233. The molecule has 0 radical (unpaired) electrons. The van der Waals surface area contributed by atoms with Crippen molar-refractivity contribution >= 4 is 45.0 Å². The molecular weight excluding hydrogens is 463 g/mol. The third kappa shape index (κ3) is 7.64. The van der Waals surface area contributed by atoms with Crippen molar-refractivity contribution in [2.24, 2.45) is 0 Å². The molecule has 0 aliphatic rings. The SMILES string of the molecule is C#C.CC(C)NC(=O)OCCN(c1cc(Cl)ccc1CO)S(=O)(=O)c1ccc(Cl)cc1. The number of aliphatic hydroxyl groups is 1. The molecule has 2 aromatic carbocycles. The van der Waals surface area contributed by atoms with Crippen LogP contribution in [0.15, 0.2) is 47.4 Å². The summed E-state index contributed by atoms with van der Waals surface area (Å²) in [6.45, 7) is 2.77. The van der Waals surface area contributed by atoms with Crippen LogP contribution in [0.3, 0.4) is 0 Å². The van der Waals surface area contributed by atoms with Gasteiger partial charge in [-0.1, -0.05) is 29.3 Å². The molecule has 0 aromatic heterocycles. The average Bonchev–Trinajstić information content (AvgIpc) is 2.72. The molecule has 1 amide bonds. The van der Waals surface area contributed by atoms with Gasteiger partial charge in [-0.15, -0.1) is 12.8 Å². The Hall–Kier alpha value is -2.44. The number of carbonyl (C=O) groups excluding carboxylic acids is 1. The maximum atomic E-state index is 13.3. The normalized spacial score (nSPS) is 10.7. The van der Waals surface area contributed by atoms with Crippen molar-refractivity contribution in [2.75, 3.05) is 17.5 Å². The Labute approximate surface area is 193 Å². The van der Waals surface area contributed by atoms with Crippen LogP contribution in [0.4, 0.5) is 10.5 Å². The number of nitrogens with zero attached hydrogens (tertiary/aromatic N) is 1. The molecule has 0 aliphatic carbocycles. The zero-order chi connectivity index (χ0) is 23.6. The molecular formula is C21H24Cl2N2O5S. The molecule has 0 unspecified atom stereocenters. The number of carbonyl (C=O) groups is 1. The van der Waals surface area contributed by atoms with Crippen LogP contribution < -0.4 is 9.62 Å². The van der Waals surface area contributed by atoms with Crippen LogP contribution in [0, 0.1) is 12.8 Å². The monoisotopic (exact) mass is 486 g/mol. The molecule has 0 spiro atoms. The predicted octanol–water partition coefficient (Wildman–Crippen LogP) is 4.07. The summed E-state index contributed by atoms with van der Waals surface area (Å²) in [6.07, 6.45) is 7.34. The van der Waals surface area contributed by atoms with Crippen LogP contribution in [-0.4, -0.2) is 38.8 Å². The van der Waals surface area contributed by atoms with Gasteiger partial charge >= 0.3 is 6.09 Å². The second-order valence-electron chi connectivity index (χ2n) is 6.40. The lowest BCUT2D eigenvalue weighted by Crippen LogP contribution is -2.37. The first-order chi connectivity index (χ1) is 14.6. The molecule has 0 saturated heterocycles. The third-order valence-corrected chi connectivity index (χ3v) is 6.14. The number of hydrogen-bond acceptors (Lipinski definition) is 5. The van der Waals surface area contributed by atoms with Gasteiger partial charge in [-0.3, -0.25) is 4.31 Å². The lowest BCUT2D eigenvalue weighted by molar-refractivity contribution is 0.147. The van der Waals surface area contributed by atoms with E-state index in [1.807, 2.05) is 0 Å². The van der Waals surface area contributed by atoms with E-state index in [1.165, 1.54) is 36.4 Å². The summed E-state index contributed by atoms with van der Waals surface area (Å²) in [6, 6.07) is 10.1. The summed E-state index contributed by atoms with van der Waals surface area (Å²) in [4.78, 5) is 11.7. The number of halogens is 2. The number of alkyl carbamates (subject to hydrolysis) is 1. The van der Waals surface area contributed by atoms with Crippen molar-refractivity contribution in [1.82, 2.24) is 5.32 Å². The second kappa shape index (κ2) is 12.4. The number of terminal acetylenes is 1. The van der Waals surface area contributed by atoms with Crippen LogP contribution in [-0.2, 0) is 21.4 Å². The molecule has 2 N–H and O–H groups in total. The van der Waals surface area contributed by atoms with Crippen molar-refractivity contribution in [3.05, 3.63) is 58.1 Å². The first-order valence-electron chi connectivity index (χ1n) is 9.09. The van der Waals surface area contributed by atoms with E-state index in [2.05, 4.69) is 18.2 Å². The number of anilines is 1. The standard InChI is InChI=1S/C19H22Cl2N2O5S.C2H2/c1-13(2)22-19(25)28-10-9-23(18-11-16(21)4-3-14(18)12-24)29(26,27)17-7-5-15(20)6-8-17;1-2/h3-8,11,13,24H,9-10,12H2,1-2H3,(H,22,25);1-2H. The van der Waals surface area contributed by atoms with E-state index in [0.29, 0.717) is 15.6 Å². The summed E-state index contributed by atoms with van der Waals surface area (Å²) in [5.41, 5.74) is 0.557. The van der Waals surface area contributed by atoms with Gasteiger partial charge in [0.25, 0.3) is 10.0 Å². The van der Waals surface area contributed by atoms with Crippen molar-refractivity contribution in [3.63, 3.8) is 0 Å². The van der Waals surface area contributed by atoms with Crippen molar-refractivity contribution in [2.45, 2.75) is 31.4 Å². The largest absolute Gasteiger partial charge is 0.448 e. The number of nitrogens with one attached hydrogen (secondary N) is 1. The fraction of sp³-hybridized carbons (Fsp3) is 0.286. The molecule has 2 rings (SSSR count). The van der Waals surface area contributed by atoms with Gasteiger partial charge in [-0.25, -0.2) is 13.2 Å². The third-order valence-electron chi connectivity index (χ3n) is 3.82. The topological polar surface area (TPSA) is 95.9 Å². The van der Waals surface area contributed by atoms with Crippen LogP contribution in [0.1, 0.15) is 19.4 Å². The molecule has 31 heavy (non-hydrogen) atoms. The Bertz CT molecular complexity index is 993. The van der Waals surface area contributed by atoms with Crippen molar-refractivity contribution < 1.29 is 23.1 Å². The van der Waals surface area contributed by atoms with Crippen molar-refractivity contribution in [3.8, 4) is 12.8 Å². The number of ether oxygens (including phenoxy) is 1. The van der Waals surface area contributed by atoms with Crippen LogP contribution in [0.5, 0.6) is 0 Å². The minimum atomic E-state index is -4.05. The lowest BCUT2D eigenvalue weighted by atomic mass is 10.2. The van der Waals surface area contributed by atoms with Gasteiger partial charge in [0.1, 0.15) is 6.61 Å². The molecule has 168 valence electrons. The van der Waals surface area contributed by atoms with Crippen LogP contribution in [0.2, 0.25) is 10.0 Å². The molecule has 0 bridgehead atoms. The molecule has 7 nitrogen and oxygen atoms in total. The summed E-state index contributed by atoms with van der Waals surface area (Å²) < 4.78 is 32.7. The number of hydrogen-bond donors (Lipinski definition) is 2. The number of benzene rings is 2. The first-order valence-corrected chi connectivity index (χ1v) is 11.3. The molecule has 10 heteroatoms. The molecule has 0 aliphatic heterocycles. The summed E-state index contributed by atoms with van der Waals surface area (Å²) >= 11 is 11.9. The Kier molecular flexibility index (Phi) is 10.7. The highest BCUT2D eigenvalue weighted by Crippen LogP contribution is 2.30. The smallest absolute Gasteiger partial charge is 0.407 e. The van der Waals surface area contributed by atoms with E-state index in [1.54, 1.807) is 19.9 Å². The Morgan fingerprint density at radius 1 is 1.13 bits per heavy atom. The van der Waals surface area contributed by atoms with Crippen LogP contribution in [0.25, 0.3) is 0 Å². The molecule has 0 heterocycles. The quantitative estimate of drug-likeness (QED) is 0.548. The van der Waals surface area contributed by atoms with E-state index >= 15 is 0 Å². The summed E-state index contributed by atoms with van der Waals surface area (Å²) in [5, 5.41) is 12.9. The molecule has 0 saturated carbocycles. The number of amides is 1. The van der Waals surface area contributed by atoms with Gasteiger partial charge in [0.05, 0.1) is 23.7 Å². The van der Waals surface area contributed by atoms with Crippen LogP contribution >= 0.6 is 23.2 Å². The molecule has 2 aromatic rings. The Morgan fingerprint density at radius 3 is 2.26 bits per heavy atom. The minimum absolute atomic E-state index is 0.00241. The predicted molar refractivity (Wildman–Crippen MR) is 123 cm³/mol.